The zero-order valence-corrected chi connectivity index (χ0v) is 12.1. The van der Waals surface area contributed by atoms with E-state index in [1.54, 1.807) is 0 Å². The van der Waals surface area contributed by atoms with Crippen LogP contribution >= 0.6 is 0 Å². The number of aromatic nitrogens is 2. The van der Waals surface area contributed by atoms with E-state index in [1.165, 1.54) is 6.92 Å². The number of primary sulfonamides is 1. The van der Waals surface area contributed by atoms with Gasteiger partial charge in [-0.15, -0.1) is 5.10 Å². The molecule has 1 aromatic rings. The number of nitrogens with one attached hydrogen (secondary N) is 1. The van der Waals surface area contributed by atoms with Gasteiger partial charge in [-0.25, -0.2) is 13.6 Å². The summed E-state index contributed by atoms with van der Waals surface area (Å²) >= 11 is 0. The first kappa shape index (κ1) is 16.0. The fourth-order valence-corrected chi connectivity index (χ4v) is 3.34. The molecule has 1 saturated carbocycles. The number of halogens is 3. The van der Waals surface area contributed by atoms with Gasteiger partial charge in [0.15, 0.2) is 5.82 Å². The standard InChI is InChI=1S/C11H15F3N4O2S/c1-7-5-8(11(12,13)14)9(18-17-7)16-6-10(3-2-4-10)21(15,19)20/h5H,2-4,6H2,1H3,(H,16,18)(H2,15,19,20). The highest BCUT2D eigenvalue weighted by atomic mass is 32.2. The number of aryl methyl sites for hydroxylation is 1. The van der Waals surface area contributed by atoms with E-state index in [2.05, 4.69) is 15.5 Å². The van der Waals surface area contributed by atoms with Crippen molar-refractivity contribution in [1.82, 2.24) is 10.2 Å². The molecule has 1 aromatic heterocycles. The normalized spacial score (nSPS) is 18.1. The molecule has 10 heteroatoms. The van der Waals surface area contributed by atoms with E-state index < -0.39 is 32.3 Å². The van der Waals surface area contributed by atoms with Gasteiger partial charge in [-0.05, 0) is 25.8 Å². The topological polar surface area (TPSA) is 98.0 Å². The number of sulfonamides is 1. The van der Waals surface area contributed by atoms with Crippen LogP contribution in [0.5, 0.6) is 0 Å². The van der Waals surface area contributed by atoms with Crippen molar-refractivity contribution in [1.29, 1.82) is 0 Å². The van der Waals surface area contributed by atoms with Gasteiger partial charge in [0.1, 0.15) is 10.3 Å². The van der Waals surface area contributed by atoms with Crippen molar-refractivity contribution >= 4 is 15.8 Å². The van der Waals surface area contributed by atoms with Crippen molar-refractivity contribution in [3.8, 4) is 0 Å². The SMILES string of the molecule is Cc1cc(C(F)(F)F)c(NCC2(S(N)(=O)=O)CCC2)nn1. The summed E-state index contributed by atoms with van der Waals surface area (Å²) in [6, 6.07) is 0.861. The van der Waals surface area contributed by atoms with E-state index in [0.717, 1.165) is 6.07 Å². The second kappa shape index (κ2) is 5.09. The summed E-state index contributed by atoms with van der Waals surface area (Å²) < 4.78 is 60.7. The van der Waals surface area contributed by atoms with Gasteiger partial charge < -0.3 is 5.32 Å². The third-order valence-electron chi connectivity index (χ3n) is 3.67. The molecule has 21 heavy (non-hydrogen) atoms. The smallest absolute Gasteiger partial charge is 0.366 e. The molecule has 3 N–H and O–H groups in total. The van der Waals surface area contributed by atoms with Gasteiger partial charge in [-0.2, -0.15) is 18.3 Å². The van der Waals surface area contributed by atoms with Crippen LogP contribution in [0.3, 0.4) is 0 Å². The van der Waals surface area contributed by atoms with Crippen molar-refractivity contribution in [3.05, 3.63) is 17.3 Å². The molecule has 6 nitrogen and oxygen atoms in total. The number of alkyl halides is 3. The van der Waals surface area contributed by atoms with Gasteiger partial charge in [-0.1, -0.05) is 6.42 Å². The molecule has 1 aliphatic rings. The molecule has 0 amide bonds. The quantitative estimate of drug-likeness (QED) is 0.873. The van der Waals surface area contributed by atoms with Gasteiger partial charge in [-0.3, -0.25) is 0 Å². The van der Waals surface area contributed by atoms with Gasteiger partial charge in [0.2, 0.25) is 10.0 Å². The number of anilines is 1. The molecule has 0 spiro atoms. The average molecular weight is 324 g/mol. The molecular formula is C11H15F3N4O2S. The summed E-state index contributed by atoms with van der Waals surface area (Å²) in [4.78, 5) is 0. The first-order valence-corrected chi connectivity index (χ1v) is 7.78. The second-order valence-corrected chi connectivity index (χ2v) is 7.14. The predicted molar refractivity (Wildman–Crippen MR) is 69.9 cm³/mol. The summed E-state index contributed by atoms with van der Waals surface area (Å²) in [7, 11) is -3.85. The lowest BCUT2D eigenvalue weighted by Crippen LogP contribution is -2.53. The molecule has 0 atom stereocenters. The number of nitrogens with two attached hydrogens (primary N) is 1. The molecular weight excluding hydrogens is 309 g/mol. The number of nitrogens with zero attached hydrogens (tertiary/aromatic N) is 2. The van der Waals surface area contributed by atoms with Crippen LogP contribution in [-0.4, -0.2) is 29.9 Å². The fraction of sp³-hybridized carbons (Fsp3) is 0.636. The minimum Gasteiger partial charge on any atom is -0.366 e. The molecule has 1 aliphatic carbocycles. The minimum atomic E-state index is -4.60. The van der Waals surface area contributed by atoms with Gasteiger partial charge in [0.05, 0.1) is 5.69 Å². The van der Waals surface area contributed by atoms with Crippen molar-refractivity contribution in [3.63, 3.8) is 0 Å². The summed E-state index contributed by atoms with van der Waals surface area (Å²) in [6.07, 6.45) is -3.29. The third kappa shape index (κ3) is 3.10. The van der Waals surface area contributed by atoms with Crippen LogP contribution in [0.15, 0.2) is 6.07 Å². The summed E-state index contributed by atoms with van der Waals surface area (Å²) in [5, 5.41) is 14.6. The van der Waals surface area contributed by atoms with E-state index in [4.69, 9.17) is 5.14 Å². The molecule has 0 aliphatic heterocycles. The summed E-state index contributed by atoms with van der Waals surface area (Å²) in [5.41, 5.74) is -0.850. The minimum absolute atomic E-state index is 0.123. The number of rotatable bonds is 4. The first-order chi connectivity index (χ1) is 9.55. The zero-order chi connectivity index (χ0) is 15.9. The van der Waals surface area contributed by atoms with Gasteiger partial charge in [0.25, 0.3) is 0 Å². The van der Waals surface area contributed by atoms with E-state index in [-0.39, 0.29) is 12.2 Å². The van der Waals surface area contributed by atoms with E-state index >= 15 is 0 Å². The highest BCUT2D eigenvalue weighted by Gasteiger charge is 2.47. The molecule has 1 heterocycles. The molecule has 2 rings (SSSR count). The van der Waals surface area contributed by atoms with Crippen LogP contribution < -0.4 is 10.5 Å². The summed E-state index contributed by atoms with van der Waals surface area (Å²) in [6.45, 7) is 1.18. The Bertz CT molecular complexity index is 641. The Morgan fingerprint density at radius 3 is 2.43 bits per heavy atom. The van der Waals surface area contributed by atoms with Crippen molar-refractivity contribution in [2.75, 3.05) is 11.9 Å². The van der Waals surface area contributed by atoms with Crippen molar-refractivity contribution in [2.24, 2.45) is 5.14 Å². The number of hydrogen-bond acceptors (Lipinski definition) is 5. The Labute approximate surface area is 120 Å². The Morgan fingerprint density at radius 2 is 2.00 bits per heavy atom. The highest BCUT2D eigenvalue weighted by Crippen LogP contribution is 2.39. The Hall–Kier alpha value is -1.42. The molecule has 0 unspecified atom stereocenters. The maximum absolute atomic E-state index is 12.9. The average Bonchev–Trinajstić information content (AvgIpc) is 2.26. The molecule has 0 aromatic carbocycles. The maximum atomic E-state index is 12.9. The van der Waals surface area contributed by atoms with E-state index in [9.17, 15) is 21.6 Å². The van der Waals surface area contributed by atoms with E-state index in [1.807, 2.05) is 0 Å². The third-order valence-corrected chi connectivity index (χ3v) is 5.43. The Kier molecular flexibility index (Phi) is 3.87. The fourth-order valence-electron chi connectivity index (χ4n) is 2.21. The number of hydrogen-bond donors (Lipinski definition) is 2. The Morgan fingerprint density at radius 1 is 1.38 bits per heavy atom. The van der Waals surface area contributed by atoms with Crippen LogP contribution in [0.25, 0.3) is 0 Å². The predicted octanol–water partition coefficient (Wildman–Crippen LogP) is 1.43. The maximum Gasteiger partial charge on any atom is 0.420 e. The van der Waals surface area contributed by atoms with Crippen LogP contribution in [0, 0.1) is 6.92 Å². The zero-order valence-electron chi connectivity index (χ0n) is 11.2. The molecule has 1 fully saturated rings. The second-order valence-electron chi connectivity index (χ2n) is 5.18. The lowest BCUT2D eigenvalue weighted by atomic mass is 9.84. The van der Waals surface area contributed by atoms with Crippen LogP contribution in [0.1, 0.15) is 30.5 Å². The van der Waals surface area contributed by atoms with Crippen LogP contribution in [-0.2, 0) is 16.2 Å². The summed E-state index contributed by atoms with van der Waals surface area (Å²) in [5.74, 6) is -0.483. The Balaban J connectivity index is 2.25. The van der Waals surface area contributed by atoms with Crippen molar-refractivity contribution in [2.45, 2.75) is 37.1 Å². The highest BCUT2D eigenvalue weighted by molar-refractivity contribution is 7.90. The first-order valence-electron chi connectivity index (χ1n) is 6.23. The lowest BCUT2D eigenvalue weighted by molar-refractivity contribution is -0.137. The van der Waals surface area contributed by atoms with Crippen molar-refractivity contribution < 1.29 is 21.6 Å². The molecule has 0 bridgehead atoms. The molecule has 0 radical (unpaired) electrons. The monoisotopic (exact) mass is 324 g/mol. The molecule has 118 valence electrons. The van der Waals surface area contributed by atoms with Crippen LogP contribution in [0.4, 0.5) is 19.0 Å². The van der Waals surface area contributed by atoms with E-state index in [0.29, 0.717) is 19.3 Å². The molecule has 0 saturated heterocycles. The van der Waals surface area contributed by atoms with Crippen LogP contribution in [0.2, 0.25) is 0 Å². The van der Waals surface area contributed by atoms with Gasteiger partial charge >= 0.3 is 6.18 Å². The lowest BCUT2D eigenvalue weighted by Gasteiger charge is -2.39. The largest absolute Gasteiger partial charge is 0.420 e. The van der Waals surface area contributed by atoms with Gasteiger partial charge in [0, 0.05) is 6.54 Å².